The molecule has 0 aromatic heterocycles. The number of hydrogen-bond acceptors (Lipinski definition) is 1. The minimum atomic E-state index is 0.385. The molecule has 1 nitrogen and oxygen atoms in total. The van der Waals surface area contributed by atoms with Gasteiger partial charge in [-0.05, 0) is 48.9 Å². The lowest BCUT2D eigenvalue weighted by Crippen LogP contribution is -2.44. The van der Waals surface area contributed by atoms with Crippen molar-refractivity contribution < 1.29 is 4.74 Å². The number of fused-ring (bicyclic) bond motifs is 2. The van der Waals surface area contributed by atoms with E-state index in [1.54, 1.807) is 0 Å². The molecule has 0 spiro atoms. The van der Waals surface area contributed by atoms with Crippen molar-refractivity contribution in [2.24, 2.45) is 22.7 Å². The van der Waals surface area contributed by atoms with E-state index in [-0.39, 0.29) is 0 Å². The first-order chi connectivity index (χ1) is 7.27. The van der Waals surface area contributed by atoms with Crippen molar-refractivity contribution in [3.8, 4) is 0 Å². The molecule has 2 saturated carbocycles. The van der Waals surface area contributed by atoms with E-state index in [1.807, 2.05) is 0 Å². The second-order valence-electron chi connectivity index (χ2n) is 7.38. The fourth-order valence-corrected chi connectivity index (χ4v) is 3.97. The van der Waals surface area contributed by atoms with Gasteiger partial charge < -0.3 is 4.74 Å². The van der Waals surface area contributed by atoms with Gasteiger partial charge in [-0.25, -0.2) is 0 Å². The Morgan fingerprint density at radius 3 is 2.19 bits per heavy atom. The van der Waals surface area contributed by atoms with Crippen molar-refractivity contribution in [1.82, 2.24) is 0 Å². The fourth-order valence-electron chi connectivity index (χ4n) is 3.97. The number of hydrogen-bond donors (Lipinski definition) is 0. The first kappa shape index (κ1) is 12.4. The summed E-state index contributed by atoms with van der Waals surface area (Å²) in [6.07, 6.45) is 5.03. The molecule has 0 saturated heterocycles. The van der Waals surface area contributed by atoms with Gasteiger partial charge in [0, 0.05) is 0 Å². The zero-order valence-electron chi connectivity index (χ0n) is 11.8. The van der Waals surface area contributed by atoms with E-state index in [9.17, 15) is 0 Å². The number of ether oxygens (including phenoxy) is 1. The lowest BCUT2D eigenvalue weighted by Gasteiger charge is -2.44. The molecule has 0 radical (unpaired) electrons. The molecule has 2 aliphatic carbocycles. The van der Waals surface area contributed by atoms with Crippen LogP contribution in [0.3, 0.4) is 0 Å². The average Bonchev–Trinajstić information content (AvgIpc) is 2.63. The molecule has 0 aromatic carbocycles. The largest absolute Gasteiger partial charge is 0.374 e. The van der Waals surface area contributed by atoms with Crippen LogP contribution in [0.5, 0.6) is 0 Å². The summed E-state index contributed by atoms with van der Waals surface area (Å²) in [5, 5.41) is 0. The SMILES string of the molecule is CC(C)C(C)OC1C2(C)CCC(C2)C1(C)C. The zero-order valence-corrected chi connectivity index (χ0v) is 11.8. The van der Waals surface area contributed by atoms with E-state index in [1.165, 1.54) is 19.3 Å². The topological polar surface area (TPSA) is 9.23 Å². The highest BCUT2D eigenvalue weighted by Gasteiger charge is 2.60. The summed E-state index contributed by atoms with van der Waals surface area (Å²) >= 11 is 0. The van der Waals surface area contributed by atoms with Crippen LogP contribution in [0.1, 0.15) is 60.8 Å². The van der Waals surface area contributed by atoms with Gasteiger partial charge in [0.1, 0.15) is 0 Å². The fraction of sp³-hybridized carbons (Fsp3) is 1.00. The van der Waals surface area contributed by atoms with Crippen molar-refractivity contribution in [3.63, 3.8) is 0 Å². The molecule has 4 atom stereocenters. The van der Waals surface area contributed by atoms with E-state index in [2.05, 4.69) is 41.5 Å². The summed E-state index contributed by atoms with van der Waals surface area (Å²) in [7, 11) is 0. The predicted octanol–water partition coefficient (Wildman–Crippen LogP) is 4.26. The van der Waals surface area contributed by atoms with Gasteiger partial charge in [0.25, 0.3) is 0 Å². The summed E-state index contributed by atoms with van der Waals surface area (Å²) < 4.78 is 6.42. The van der Waals surface area contributed by atoms with Crippen LogP contribution in [-0.4, -0.2) is 12.2 Å². The van der Waals surface area contributed by atoms with E-state index in [0.29, 0.717) is 29.0 Å². The van der Waals surface area contributed by atoms with Crippen LogP contribution in [0.4, 0.5) is 0 Å². The Bertz CT molecular complexity index is 264. The van der Waals surface area contributed by atoms with Crippen molar-refractivity contribution in [3.05, 3.63) is 0 Å². The molecule has 1 heteroatoms. The van der Waals surface area contributed by atoms with Crippen LogP contribution in [-0.2, 0) is 4.74 Å². The molecular weight excluding hydrogens is 196 g/mol. The third-order valence-corrected chi connectivity index (χ3v) is 5.43. The second kappa shape index (κ2) is 3.73. The Hall–Kier alpha value is -0.0400. The summed E-state index contributed by atoms with van der Waals surface area (Å²) in [5.74, 6) is 1.51. The number of rotatable bonds is 3. The van der Waals surface area contributed by atoms with E-state index < -0.39 is 0 Å². The van der Waals surface area contributed by atoms with Gasteiger partial charge in [0.05, 0.1) is 12.2 Å². The van der Waals surface area contributed by atoms with E-state index in [0.717, 1.165) is 5.92 Å². The molecule has 2 fully saturated rings. The Labute approximate surface area is 101 Å². The molecule has 4 unspecified atom stereocenters. The normalized spacial score (nSPS) is 42.9. The van der Waals surface area contributed by atoms with Crippen molar-refractivity contribution in [1.29, 1.82) is 0 Å². The Balaban J connectivity index is 2.14. The van der Waals surface area contributed by atoms with Crippen LogP contribution in [0.15, 0.2) is 0 Å². The van der Waals surface area contributed by atoms with Crippen LogP contribution in [0, 0.1) is 22.7 Å². The molecule has 0 aromatic rings. The average molecular weight is 224 g/mol. The molecule has 2 aliphatic rings. The smallest absolute Gasteiger partial charge is 0.0685 e. The highest BCUT2D eigenvalue weighted by Crippen LogP contribution is 2.63. The zero-order chi connectivity index (χ0) is 12.1. The van der Waals surface area contributed by atoms with Crippen LogP contribution < -0.4 is 0 Å². The van der Waals surface area contributed by atoms with E-state index in [4.69, 9.17) is 4.74 Å². The summed E-state index contributed by atoms with van der Waals surface area (Å²) in [4.78, 5) is 0. The minimum absolute atomic E-state index is 0.385. The maximum atomic E-state index is 6.42. The Kier molecular flexibility index (Phi) is 2.89. The molecule has 16 heavy (non-hydrogen) atoms. The minimum Gasteiger partial charge on any atom is -0.374 e. The van der Waals surface area contributed by atoms with Crippen molar-refractivity contribution in [2.75, 3.05) is 0 Å². The molecule has 0 heterocycles. The molecule has 0 aliphatic heterocycles. The highest BCUT2D eigenvalue weighted by molar-refractivity contribution is 5.09. The third kappa shape index (κ3) is 1.72. The van der Waals surface area contributed by atoms with Crippen molar-refractivity contribution >= 4 is 0 Å². The molecular formula is C15H28O. The predicted molar refractivity (Wildman–Crippen MR) is 68.4 cm³/mol. The monoisotopic (exact) mass is 224 g/mol. The Morgan fingerprint density at radius 1 is 1.12 bits per heavy atom. The lowest BCUT2D eigenvalue weighted by molar-refractivity contribution is -0.130. The van der Waals surface area contributed by atoms with Gasteiger partial charge in [-0.1, -0.05) is 34.6 Å². The Morgan fingerprint density at radius 2 is 1.75 bits per heavy atom. The standard InChI is InChI=1S/C15H28O/c1-10(2)11(3)16-13-14(4,5)12-7-8-15(13,6)9-12/h10-13H,7-9H2,1-6H3. The van der Waals surface area contributed by atoms with Gasteiger partial charge in [-0.2, -0.15) is 0 Å². The lowest BCUT2D eigenvalue weighted by atomic mass is 9.70. The van der Waals surface area contributed by atoms with Crippen LogP contribution >= 0.6 is 0 Å². The molecule has 2 bridgehead atoms. The second-order valence-corrected chi connectivity index (χ2v) is 7.38. The molecule has 0 N–H and O–H groups in total. The van der Waals surface area contributed by atoms with Gasteiger partial charge in [0.15, 0.2) is 0 Å². The third-order valence-electron chi connectivity index (χ3n) is 5.43. The maximum absolute atomic E-state index is 6.42. The van der Waals surface area contributed by atoms with Gasteiger partial charge in [-0.3, -0.25) is 0 Å². The quantitative estimate of drug-likeness (QED) is 0.696. The summed E-state index contributed by atoms with van der Waals surface area (Å²) in [6.45, 7) is 14.0. The molecule has 94 valence electrons. The first-order valence-corrected chi connectivity index (χ1v) is 6.93. The van der Waals surface area contributed by atoms with Crippen LogP contribution in [0.2, 0.25) is 0 Å². The molecule has 2 rings (SSSR count). The first-order valence-electron chi connectivity index (χ1n) is 6.93. The maximum Gasteiger partial charge on any atom is 0.0685 e. The van der Waals surface area contributed by atoms with Gasteiger partial charge >= 0.3 is 0 Å². The van der Waals surface area contributed by atoms with Gasteiger partial charge in [-0.15, -0.1) is 0 Å². The van der Waals surface area contributed by atoms with Crippen molar-refractivity contribution in [2.45, 2.75) is 73.0 Å². The van der Waals surface area contributed by atoms with Gasteiger partial charge in [0.2, 0.25) is 0 Å². The summed E-state index contributed by atoms with van der Waals surface area (Å²) in [5.41, 5.74) is 0.841. The molecule has 0 amide bonds. The summed E-state index contributed by atoms with van der Waals surface area (Å²) in [6, 6.07) is 0. The van der Waals surface area contributed by atoms with Crippen LogP contribution in [0.25, 0.3) is 0 Å². The van der Waals surface area contributed by atoms with E-state index >= 15 is 0 Å². The highest BCUT2D eigenvalue weighted by atomic mass is 16.5.